The first-order chi connectivity index (χ1) is 22.4. The second-order valence-electron chi connectivity index (χ2n) is 11.9. The van der Waals surface area contributed by atoms with Crippen molar-refractivity contribution in [3.63, 3.8) is 0 Å². The maximum Gasteiger partial charge on any atom is 0.405 e. The molecular formula is C35H36N8O3. The van der Waals surface area contributed by atoms with Gasteiger partial charge in [0.15, 0.2) is 0 Å². The molecule has 0 spiro atoms. The number of aromatic nitrogens is 5. The Labute approximate surface area is 267 Å². The molecule has 1 aromatic carbocycles. The van der Waals surface area contributed by atoms with Crippen molar-refractivity contribution in [1.29, 1.82) is 0 Å². The predicted octanol–water partition coefficient (Wildman–Crippen LogP) is 4.65. The van der Waals surface area contributed by atoms with Crippen molar-refractivity contribution in [2.75, 3.05) is 13.1 Å². The molecule has 5 N–H and O–H groups in total. The van der Waals surface area contributed by atoms with Crippen LogP contribution < -0.4 is 10.6 Å². The molecule has 0 radical (unpaired) electrons. The van der Waals surface area contributed by atoms with E-state index >= 15 is 0 Å². The number of carbonyl (C=O) groups excluding carboxylic acids is 1. The Morgan fingerprint density at radius 1 is 1.00 bits per heavy atom. The number of carboxylic acid groups (broad SMARTS) is 1. The zero-order valence-electron chi connectivity index (χ0n) is 25.8. The molecule has 0 bridgehead atoms. The van der Waals surface area contributed by atoms with Crippen molar-refractivity contribution < 1.29 is 14.7 Å². The molecule has 0 aliphatic carbocycles. The highest BCUT2D eigenvalue weighted by Gasteiger charge is 2.37. The first-order valence-corrected chi connectivity index (χ1v) is 15.6. The van der Waals surface area contributed by atoms with Crippen LogP contribution in [0.3, 0.4) is 0 Å². The Bertz CT molecular complexity index is 1830. The van der Waals surface area contributed by atoms with Crippen molar-refractivity contribution in [3.8, 4) is 46.1 Å². The molecule has 11 nitrogen and oxygen atoms in total. The first kappa shape index (κ1) is 30.6. The molecule has 4 aromatic rings. The Kier molecular flexibility index (Phi) is 9.13. The summed E-state index contributed by atoms with van der Waals surface area (Å²) in [7, 11) is 0. The van der Waals surface area contributed by atoms with Gasteiger partial charge in [0.05, 0.1) is 30.2 Å². The van der Waals surface area contributed by atoms with Crippen LogP contribution in [-0.2, 0) is 4.79 Å². The third-order valence-electron chi connectivity index (χ3n) is 8.40. The molecule has 2 aliphatic heterocycles. The third-order valence-corrected chi connectivity index (χ3v) is 8.40. The molecule has 3 atom stereocenters. The summed E-state index contributed by atoms with van der Waals surface area (Å²) in [5.74, 6) is 13.4. The number of H-pyrrole nitrogens is 2. The molecule has 0 unspecified atom stereocenters. The van der Waals surface area contributed by atoms with Crippen LogP contribution in [0, 0.1) is 29.6 Å². The summed E-state index contributed by atoms with van der Waals surface area (Å²) in [6.07, 6.45) is 9.60. The van der Waals surface area contributed by atoms with Gasteiger partial charge in [0.1, 0.15) is 23.4 Å². The monoisotopic (exact) mass is 616 g/mol. The lowest BCUT2D eigenvalue weighted by Gasteiger charge is -2.29. The smallest absolute Gasteiger partial charge is 0.405 e. The summed E-state index contributed by atoms with van der Waals surface area (Å²) in [6, 6.07) is 9.03. The van der Waals surface area contributed by atoms with Crippen LogP contribution in [0.5, 0.6) is 0 Å². The van der Waals surface area contributed by atoms with Crippen LogP contribution >= 0.6 is 0 Å². The van der Waals surface area contributed by atoms with E-state index in [1.807, 2.05) is 44.2 Å². The van der Waals surface area contributed by atoms with Crippen molar-refractivity contribution in [3.05, 3.63) is 78.0 Å². The number of aromatic amines is 2. The SMILES string of the molecule is CC(C)[C@H](NC(=O)O)C(=O)N1CCC[C@H]1c1ncc(-c2ccc(C#CC#Cc3cnc([C@@H]4CCCN4)[nH]3)c(-c3cccnc3)c2)[nH]1. The van der Waals surface area contributed by atoms with Crippen LogP contribution in [0.1, 0.15) is 74.5 Å². The first-order valence-electron chi connectivity index (χ1n) is 15.6. The maximum absolute atomic E-state index is 13.4. The molecular weight excluding hydrogens is 580 g/mol. The number of carbonyl (C=O) groups is 2. The number of nitrogens with zero attached hydrogens (tertiary/aromatic N) is 4. The van der Waals surface area contributed by atoms with Gasteiger partial charge >= 0.3 is 6.09 Å². The van der Waals surface area contributed by atoms with Crippen LogP contribution in [-0.4, -0.2) is 66.1 Å². The van der Waals surface area contributed by atoms with Crippen LogP contribution in [0.15, 0.2) is 55.1 Å². The zero-order valence-corrected chi connectivity index (χ0v) is 25.8. The van der Waals surface area contributed by atoms with E-state index in [0.717, 1.165) is 71.7 Å². The molecule has 5 heterocycles. The zero-order chi connectivity index (χ0) is 32.0. The summed E-state index contributed by atoms with van der Waals surface area (Å²) in [4.78, 5) is 46.6. The molecule has 2 aliphatic rings. The summed E-state index contributed by atoms with van der Waals surface area (Å²) in [6.45, 7) is 5.21. The Hall–Kier alpha value is -5.39. The summed E-state index contributed by atoms with van der Waals surface area (Å²) < 4.78 is 0. The quantitative estimate of drug-likeness (QED) is 0.190. The van der Waals surface area contributed by atoms with Crippen molar-refractivity contribution in [2.45, 2.75) is 57.7 Å². The largest absolute Gasteiger partial charge is 0.465 e. The van der Waals surface area contributed by atoms with Crippen LogP contribution in [0.4, 0.5) is 4.79 Å². The molecule has 2 saturated heterocycles. The second kappa shape index (κ2) is 13.7. The second-order valence-corrected chi connectivity index (χ2v) is 11.9. The molecule has 11 heteroatoms. The number of imidazole rings is 2. The topological polar surface area (TPSA) is 152 Å². The van der Waals surface area contributed by atoms with Crippen molar-refractivity contribution in [1.82, 2.24) is 40.5 Å². The van der Waals surface area contributed by atoms with Gasteiger partial charge in [0.25, 0.3) is 0 Å². The van der Waals surface area contributed by atoms with E-state index in [9.17, 15) is 14.7 Å². The number of likely N-dealkylation sites (tertiary alicyclic amines) is 1. The highest BCUT2D eigenvalue weighted by molar-refractivity contribution is 5.86. The van der Waals surface area contributed by atoms with E-state index in [1.54, 1.807) is 29.7 Å². The highest BCUT2D eigenvalue weighted by Crippen LogP contribution is 2.34. The van der Waals surface area contributed by atoms with E-state index in [4.69, 9.17) is 0 Å². The number of benzene rings is 1. The lowest BCUT2D eigenvalue weighted by atomic mass is 9.97. The van der Waals surface area contributed by atoms with E-state index in [-0.39, 0.29) is 23.9 Å². The summed E-state index contributed by atoms with van der Waals surface area (Å²) in [5.41, 5.74) is 5.07. The van der Waals surface area contributed by atoms with Crippen LogP contribution in [0.25, 0.3) is 22.4 Å². The van der Waals surface area contributed by atoms with Gasteiger partial charge in [-0.25, -0.2) is 14.8 Å². The number of hydrogen-bond donors (Lipinski definition) is 5. The molecule has 2 amide bonds. The Morgan fingerprint density at radius 2 is 1.85 bits per heavy atom. The summed E-state index contributed by atoms with van der Waals surface area (Å²) >= 11 is 0. The molecule has 234 valence electrons. The van der Waals surface area contributed by atoms with Gasteiger partial charge in [-0.3, -0.25) is 9.78 Å². The highest BCUT2D eigenvalue weighted by atomic mass is 16.4. The van der Waals surface area contributed by atoms with Crippen LogP contribution in [0.2, 0.25) is 0 Å². The number of rotatable bonds is 7. The fraction of sp³-hybridized carbons (Fsp3) is 0.343. The average molecular weight is 617 g/mol. The van der Waals surface area contributed by atoms with E-state index in [0.29, 0.717) is 12.4 Å². The Morgan fingerprint density at radius 3 is 2.61 bits per heavy atom. The minimum Gasteiger partial charge on any atom is -0.465 e. The number of pyridine rings is 1. The van der Waals surface area contributed by atoms with E-state index < -0.39 is 12.1 Å². The molecule has 6 rings (SSSR count). The lowest BCUT2D eigenvalue weighted by molar-refractivity contribution is -0.135. The van der Waals surface area contributed by atoms with Gasteiger partial charge in [-0.15, -0.1) is 0 Å². The molecule has 0 saturated carbocycles. The minimum absolute atomic E-state index is 0.187. The van der Waals surface area contributed by atoms with E-state index in [1.165, 1.54) is 0 Å². The Balaban J connectivity index is 1.24. The average Bonchev–Trinajstić information content (AvgIpc) is 3.89. The number of nitrogens with one attached hydrogen (secondary N) is 4. The summed E-state index contributed by atoms with van der Waals surface area (Å²) in [5, 5.41) is 15.1. The molecule has 46 heavy (non-hydrogen) atoms. The van der Waals surface area contributed by atoms with Gasteiger partial charge in [-0.2, -0.15) is 0 Å². The van der Waals surface area contributed by atoms with Crippen molar-refractivity contribution >= 4 is 12.0 Å². The standard InChI is InChI=1S/C35H36N8O3/c1-22(2)31(42-35(45)46)34(44)43-17-7-12-30(43)33-39-21-29(41-33)24-14-13-23(27(18-24)25-9-5-15-36-19-25)8-3-4-10-26-20-38-32(40-26)28-11-6-16-37-28/h5,9,13-15,18-22,28,30-31,37,42H,6-7,11-12,16-17H2,1-2H3,(H,38,40)(H,39,41)(H,45,46)/t28-,30-,31-/m0/s1. The predicted molar refractivity (Wildman–Crippen MR) is 173 cm³/mol. The number of hydrogen-bond acceptors (Lipinski definition) is 6. The third kappa shape index (κ3) is 6.80. The minimum atomic E-state index is -1.21. The fourth-order valence-corrected chi connectivity index (χ4v) is 6.07. The van der Waals surface area contributed by atoms with Gasteiger partial charge < -0.3 is 30.6 Å². The van der Waals surface area contributed by atoms with Gasteiger partial charge in [-0.1, -0.05) is 31.9 Å². The van der Waals surface area contributed by atoms with Gasteiger partial charge in [0.2, 0.25) is 5.91 Å². The number of amides is 2. The molecule has 2 fully saturated rings. The molecule has 3 aromatic heterocycles. The maximum atomic E-state index is 13.4. The van der Waals surface area contributed by atoms with Gasteiger partial charge in [0, 0.05) is 35.6 Å². The lowest BCUT2D eigenvalue weighted by Crippen LogP contribution is -2.50. The van der Waals surface area contributed by atoms with Gasteiger partial charge in [-0.05, 0) is 79.7 Å². The van der Waals surface area contributed by atoms with E-state index in [2.05, 4.69) is 59.2 Å². The normalized spacial score (nSPS) is 18.0. The fourth-order valence-electron chi connectivity index (χ4n) is 6.07. The van der Waals surface area contributed by atoms with Crippen molar-refractivity contribution in [2.24, 2.45) is 5.92 Å².